The molecule has 6 heteroatoms. The van der Waals surface area contributed by atoms with E-state index in [1.54, 1.807) is 18.6 Å². The fourth-order valence-electron chi connectivity index (χ4n) is 1.96. The number of hydrogen-bond acceptors (Lipinski definition) is 3. The average Bonchev–Trinajstić information content (AvgIpc) is 2.84. The molecule has 0 saturated carbocycles. The fraction of sp³-hybridized carbons (Fsp3) is 0.143. The number of hydrogen-bond donors (Lipinski definition) is 1. The van der Waals surface area contributed by atoms with E-state index < -0.39 is 11.2 Å². The summed E-state index contributed by atoms with van der Waals surface area (Å²) in [5.74, 6) is 0.473. The van der Waals surface area contributed by atoms with Gasteiger partial charge in [0.15, 0.2) is 5.52 Å². The van der Waals surface area contributed by atoms with Crippen LogP contribution in [0.15, 0.2) is 47.6 Å². The van der Waals surface area contributed by atoms with E-state index in [4.69, 9.17) is 0 Å². The van der Waals surface area contributed by atoms with Crippen LogP contribution in [0.1, 0.15) is 5.82 Å². The Balaban J connectivity index is 2.86. The second-order valence-electron chi connectivity index (χ2n) is 4.11. The van der Waals surface area contributed by atoms with Gasteiger partial charge >= 0.3 is 5.69 Å². The van der Waals surface area contributed by atoms with Gasteiger partial charge in [0, 0.05) is 19.5 Å². The zero-order valence-electron chi connectivity index (χ0n) is 11.0. The van der Waals surface area contributed by atoms with Crippen LogP contribution in [-0.4, -0.2) is 19.1 Å². The maximum Gasteiger partial charge on any atom is 0.333 e. The highest BCUT2D eigenvalue weighted by Gasteiger charge is 2.15. The predicted molar refractivity (Wildman–Crippen MR) is 78.6 cm³/mol. The fourth-order valence-corrected chi connectivity index (χ4v) is 1.96. The minimum Gasteiger partial charge on any atom is -0.327 e. The van der Waals surface area contributed by atoms with Gasteiger partial charge in [-0.2, -0.15) is 0 Å². The number of H-pyrrole nitrogens is 1. The lowest BCUT2D eigenvalue weighted by atomic mass is 10.4. The maximum absolute atomic E-state index is 12.3. The van der Waals surface area contributed by atoms with E-state index in [0.29, 0.717) is 11.5 Å². The van der Waals surface area contributed by atoms with Crippen molar-refractivity contribution in [3.8, 4) is 0 Å². The van der Waals surface area contributed by atoms with Crippen LogP contribution < -0.4 is 11.2 Å². The molecule has 6 nitrogen and oxygen atoms in total. The Morgan fingerprint density at radius 3 is 2.35 bits per heavy atom. The van der Waals surface area contributed by atoms with Crippen LogP contribution in [0.4, 0.5) is 0 Å². The van der Waals surface area contributed by atoms with Crippen molar-refractivity contribution in [3.63, 3.8) is 0 Å². The third kappa shape index (κ3) is 2.16. The highest BCUT2D eigenvalue weighted by atomic mass is 16.2. The van der Waals surface area contributed by atoms with Crippen LogP contribution in [0.2, 0.25) is 0 Å². The van der Waals surface area contributed by atoms with Crippen LogP contribution in [-0.2, 0) is 13.1 Å². The zero-order chi connectivity index (χ0) is 14.7. The monoisotopic (exact) mass is 271 g/mol. The molecule has 0 spiro atoms. The van der Waals surface area contributed by atoms with Crippen LogP contribution in [0.3, 0.4) is 0 Å². The molecule has 103 valence electrons. The first-order chi connectivity index (χ1) is 9.63. The molecule has 0 fully saturated rings. The van der Waals surface area contributed by atoms with Crippen LogP contribution in [0, 0.1) is 6.42 Å². The predicted octanol–water partition coefficient (Wildman–Crippen LogP) is 0.997. The van der Waals surface area contributed by atoms with Crippen molar-refractivity contribution < 1.29 is 0 Å². The molecule has 2 heterocycles. The van der Waals surface area contributed by atoms with Crippen molar-refractivity contribution in [2.75, 3.05) is 0 Å². The van der Waals surface area contributed by atoms with Crippen molar-refractivity contribution >= 4 is 11.2 Å². The second kappa shape index (κ2) is 5.56. The van der Waals surface area contributed by atoms with Gasteiger partial charge in [-0.15, -0.1) is 19.7 Å². The van der Waals surface area contributed by atoms with Crippen LogP contribution in [0.5, 0.6) is 0 Å². The lowest BCUT2D eigenvalue weighted by Crippen LogP contribution is -2.39. The number of nitrogens with one attached hydrogen (secondary N) is 1. The molecule has 0 aromatic carbocycles. The Bertz CT molecular complexity index is 792. The lowest BCUT2D eigenvalue weighted by Gasteiger charge is -2.07. The van der Waals surface area contributed by atoms with Crippen molar-refractivity contribution in [1.29, 1.82) is 0 Å². The Morgan fingerprint density at radius 2 is 1.75 bits per heavy atom. The Kier molecular flexibility index (Phi) is 3.84. The molecule has 0 aliphatic carbocycles. The molecule has 0 unspecified atom stereocenters. The summed E-state index contributed by atoms with van der Waals surface area (Å²) < 4.78 is 2.51. The van der Waals surface area contributed by atoms with E-state index >= 15 is 0 Å². The van der Waals surface area contributed by atoms with Gasteiger partial charge in [-0.25, -0.2) is 9.78 Å². The SMILES string of the molecule is C=C[CH]c1nc2c(=O)n(CC=C)c(=O)n(CC=C)c2[nH]1. The smallest absolute Gasteiger partial charge is 0.327 e. The molecule has 2 rings (SSSR count). The van der Waals surface area contributed by atoms with Gasteiger partial charge in [0.25, 0.3) is 5.56 Å². The normalized spacial score (nSPS) is 10.6. The molecule has 0 saturated heterocycles. The Hall–Kier alpha value is -2.63. The number of nitrogens with zero attached hydrogens (tertiary/aromatic N) is 3. The van der Waals surface area contributed by atoms with Gasteiger partial charge in [0.1, 0.15) is 11.5 Å². The third-order valence-corrected chi connectivity index (χ3v) is 2.78. The highest BCUT2D eigenvalue weighted by Crippen LogP contribution is 2.07. The molecular weight excluding hydrogens is 256 g/mol. The molecule has 0 aliphatic heterocycles. The Morgan fingerprint density at radius 1 is 1.10 bits per heavy atom. The number of rotatable bonds is 6. The number of aromatic amines is 1. The van der Waals surface area contributed by atoms with Gasteiger partial charge in [-0.05, 0) is 0 Å². The van der Waals surface area contributed by atoms with E-state index in [1.165, 1.54) is 10.6 Å². The summed E-state index contributed by atoms with van der Waals surface area (Å²) in [5.41, 5.74) is -0.268. The van der Waals surface area contributed by atoms with Crippen molar-refractivity contribution in [2.45, 2.75) is 13.1 Å². The van der Waals surface area contributed by atoms with Crippen LogP contribution in [0.25, 0.3) is 11.2 Å². The number of allylic oxidation sites excluding steroid dienone is 3. The summed E-state index contributed by atoms with van der Waals surface area (Å²) in [5, 5.41) is 0. The van der Waals surface area contributed by atoms with Crippen molar-refractivity contribution in [1.82, 2.24) is 19.1 Å². The standard InChI is InChI=1S/C14H15N4O2/c1-4-7-10-15-11-12(16-10)17(8-5-2)14(20)18(9-6-3)13(11)19/h4-7H,1-3,8-9H2,(H,15,16). The van der Waals surface area contributed by atoms with Gasteiger partial charge in [0.2, 0.25) is 0 Å². The van der Waals surface area contributed by atoms with E-state index in [0.717, 1.165) is 4.57 Å². The zero-order valence-corrected chi connectivity index (χ0v) is 11.0. The molecule has 20 heavy (non-hydrogen) atoms. The van der Waals surface area contributed by atoms with Gasteiger partial charge in [0.05, 0.1) is 0 Å². The first-order valence-electron chi connectivity index (χ1n) is 6.05. The molecule has 0 aliphatic rings. The molecule has 2 aromatic heterocycles. The highest BCUT2D eigenvalue weighted by molar-refractivity contribution is 5.70. The molecular formula is C14H15N4O2. The summed E-state index contributed by atoms with van der Waals surface area (Å²) in [6.45, 7) is 11.2. The molecule has 0 amide bonds. The molecule has 1 radical (unpaired) electrons. The van der Waals surface area contributed by atoms with Gasteiger partial charge in [-0.3, -0.25) is 13.9 Å². The molecule has 0 atom stereocenters. The van der Waals surface area contributed by atoms with Crippen LogP contribution >= 0.6 is 0 Å². The summed E-state index contributed by atoms with van der Waals surface area (Å²) >= 11 is 0. The van der Waals surface area contributed by atoms with Crippen molar-refractivity contribution in [2.24, 2.45) is 0 Å². The molecule has 1 N–H and O–H groups in total. The second-order valence-corrected chi connectivity index (χ2v) is 4.11. The number of imidazole rings is 1. The van der Waals surface area contributed by atoms with E-state index in [9.17, 15) is 9.59 Å². The largest absolute Gasteiger partial charge is 0.333 e. The number of aromatic nitrogens is 4. The first-order valence-corrected chi connectivity index (χ1v) is 6.05. The first kappa shape index (κ1) is 13.8. The summed E-state index contributed by atoms with van der Waals surface area (Å²) in [6, 6.07) is 0. The molecule has 0 bridgehead atoms. The minimum atomic E-state index is -0.440. The van der Waals surface area contributed by atoms with E-state index in [-0.39, 0.29) is 18.6 Å². The summed E-state index contributed by atoms with van der Waals surface area (Å²) in [7, 11) is 0. The quantitative estimate of drug-likeness (QED) is 0.796. The summed E-state index contributed by atoms with van der Waals surface area (Å²) in [4.78, 5) is 31.7. The Labute approximate surface area is 115 Å². The van der Waals surface area contributed by atoms with Gasteiger partial charge < -0.3 is 4.98 Å². The van der Waals surface area contributed by atoms with E-state index in [2.05, 4.69) is 29.7 Å². The van der Waals surface area contributed by atoms with E-state index in [1.807, 2.05) is 0 Å². The number of fused-ring (bicyclic) bond motifs is 1. The minimum absolute atomic E-state index is 0.137. The third-order valence-electron chi connectivity index (χ3n) is 2.78. The maximum atomic E-state index is 12.3. The molecule has 2 aromatic rings. The topological polar surface area (TPSA) is 72.7 Å². The lowest BCUT2D eigenvalue weighted by molar-refractivity contribution is 0.646. The van der Waals surface area contributed by atoms with Gasteiger partial charge in [-0.1, -0.05) is 18.2 Å². The average molecular weight is 271 g/mol. The van der Waals surface area contributed by atoms with Crippen molar-refractivity contribution in [3.05, 3.63) is 71.0 Å². The summed E-state index contributed by atoms with van der Waals surface area (Å²) in [6.07, 6.45) is 6.26.